The van der Waals surface area contributed by atoms with E-state index in [1.807, 2.05) is 23.6 Å². The predicted molar refractivity (Wildman–Crippen MR) is 78.2 cm³/mol. The molecule has 1 amide bonds. The summed E-state index contributed by atoms with van der Waals surface area (Å²) in [6, 6.07) is 5.76. The fourth-order valence-electron chi connectivity index (χ4n) is 2.56. The van der Waals surface area contributed by atoms with Gasteiger partial charge in [0.15, 0.2) is 0 Å². The summed E-state index contributed by atoms with van der Waals surface area (Å²) in [4.78, 5) is 23.8. The molecule has 1 N–H and O–H groups in total. The number of pyridine rings is 1. The van der Waals surface area contributed by atoms with Gasteiger partial charge in [0.2, 0.25) is 0 Å². The smallest absolute Gasteiger partial charge is 0.313 e. The van der Waals surface area contributed by atoms with Crippen LogP contribution in [0.25, 0.3) is 5.52 Å². The maximum atomic E-state index is 12.2. The second-order valence-corrected chi connectivity index (χ2v) is 5.72. The van der Waals surface area contributed by atoms with Crippen molar-refractivity contribution in [2.45, 2.75) is 19.8 Å². The first-order valence-corrected chi connectivity index (χ1v) is 6.99. The highest BCUT2D eigenvalue weighted by Gasteiger charge is 2.51. The summed E-state index contributed by atoms with van der Waals surface area (Å²) in [5.74, 6) is -0.405. The lowest BCUT2D eigenvalue weighted by Gasteiger charge is -2.13. The highest BCUT2D eigenvalue weighted by atomic mass is 16.5. The molecule has 0 radical (unpaired) electrons. The van der Waals surface area contributed by atoms with Gasteiger partial charge in [-0.1, -0.05) is 0 Å². The molecule has 0 aromatic carbocycles. The zero-order chi connectivity index (χ0) is 15.0. The van der Waals surface area contributed by atoms with Crippen LogP contribution < -0.4 is 5.32 Å². The lowest BCUT2D eigenvalue weighted by molar-refractivity contribution is -0.146. The van der Waals surface area contributed by atoms with Crippen molar-refractivity contribution >= 4 is 17.4 Å². The number of nitrogens with one attached hydrogen (secondary N) is 1. The van der Waals surface area contributed by atoms with Crippen molar-refractivity contribution in [3.63, 3.8) is 0 Å². The van der Waals surface area contributed by atoms with E-state index >= 15 is 0 Å². The minimum Gasteiger partial charge on any atom is -0.469 e. The number of aromatic nitrogens is 1. The van der Waals surface area contributed by atoms with Gasteiger partial charge in [-0.25, -0.2) is 0 Å². The van der Waals surface area contributed by atoms with Crippen molar-refractivity contribution in [1.29, 1.82) is 0 Å². The number of hydrogen-bond donors (Lipinski definition) is 1. The van der Waals surface area contributed by atoms with Crippen LogP contribution in [0.3, 0.4) is 0 Å². The van der Waals surface area contributed by atoms with Crippen LogP contribution in [0.15, 0.2) is 30.6 Å². The zero-order valence-electron chi connectivity index (χ0n) is 12.2. The number of amides is 1. The Morgan fingerprint density at radius 3 is 2.76 bits per heavy atom. The molecule has 0 atom stereocenters. The summed E-state index contributed by atoms with van der Waals surface area (Å²) >= 11 is 0. The molecule has 0 unspecified atom stereocenters. The number of rotatable bonds is 4. The summed E-state index contributed by atoms with van der Waals surface area (Å²) in [7, 11) is 1.38. The van der Waals surface area contributed by atoms with Gasteiger partial charge in [0, 0.05) is 24.5 Å². The number of carbonyl (C=O) groups is 2. The molecule has 0 aliphatic heterocycles. The molecule has 1 saturated carbocycles. The molecule has 0 saturated heterocycles. The average Bonchev–Trinajstić information content (AvgIpc) is 3.18. The highest BCUT2D eigenvalue weighted by Crippen LogP contribution is 2.46. The quantitative estimate of drug-likeness (QED) is 0.874. The zero-order valence-corrected chi connectivity index (χ0v) is 12.2. The van der Waals surface area contributed by atoms with Crippen molar-refractivity contribution in [2.75, 3.05) is 13.7 Å². The van der Waals surface area contributed by atoms with Crippen LogP contribution in [0.4, 0.5) is 0 Å². The number of methoxy groups -OCH3 is 1. The SMILES string of the molecule is COC(=O)C1(CNC(=O)c2ccc3cc(C)cn3c2)CC1. The molecule has 1 aliphatic rings. The summed E-state index contributed by atoms with van der Waals surface area (Å²) in [6.45, 7) is 2.35. The normalized spacial score (nSPS) is 15.7. The molecule has 0 spiro atoms. The standard InChI is InChI=1S/C16H18N2O3/c1-11-7-13-4-3-12(9-18(13)8-11)14(19)17-10-16(5-6-16)15(20)21-2/h3-4,7-9H,5-6,10H2,1-2H3,(H,17,19). The molecule has 0 bridgehead atoms. The molecule has 5 nitrogen and oxygen atoms in total. The summed E-state index contributed by atoms with van der Waals surface area (Å²) in [6.07, 6.45) is 5.32. The maximum Gasteiger partial charge on any atom is 0.313 e. The Bertz CT molecular complexity index is 713. The van der Waals surface area contributed by atoms with Gasteiger partial charge in [0.1, 0.15) is 0 Å². The number of hydrogen-bond acceptors (Lipinski definition) is 3. The lowest BCUT2D eigenvalue weighted by atomic mass is 10.1. The van der Waals surface area contributed by atoms with Gasteiger partial charge in [-0.2, -0.15) is 0 Å². The Hall–Kier alpha value is -2.30. The van der Waals surface area contributed by atoms with Gasteiger partial charge in [0.05, 0.1) is 18.1 Å². The van der Waals surface area contributed by atoms with E-state index in [9.17, 15) is 9.59 Å². The van der Waals surface area contributed by atoms with Gasteiger partial charge >= 0.3 is 5.97 Å². The fourth-order valence-corrected chi connectivity index (χ4v) is 2.56. The van der Waals surface area contributed by atoms with E-state index in [0.29, 0.717) is 12.1 Å². The van der Waals surface area contributed by atoms with E-state index in [2.05, 4.69) is 11.4 Å². The third-order valence-electron chi connectivity index (χ3n) is 4.05. The predicted octanol–water partition coefficient (Wildman–Crippen LogP) is 1.93. The van der Waals surface area contributed by atoms with E-state index in [1.165, 1.54) is 7.11 Å². The fraction of sp³-hybridized carbons (Fsp3) is 0.375. The number of carbonyl (C=O) groups excluding carboxylic acids is 2. The average molecular weight is 286 g/mol. The first-order valence-electron chi connectivity index (χ1n) is 6.99. The van der Waals surface area contributed by atoms with Crippen molar-refractivity contribution in [3.8, 4) is 0 Å². The Kier molecular flexibility index (Phi) is 3.20. The van der Waals surface area contributed by atoms with Crippen molar-refractivity contribution in [2.24, 2.45) is 5.41 Å². The first kappa shape index (κ1) is 13.7. The largest absolute Gasteiger partial charge is 0.469 e. The highest BCUT2D eigenvalue weighted by molar-refractivity contribution is 5.94. The number of ether oxygens (including phenoxy) is 1. The molecule has 2 aromatic rings. The summed E-state index contributed by atoms with van der Waals surface area (Å²) < 4.78 is 6.71. The van der Waals surface area contributed by atoms with Crippen molar-refractivity contribution in [3.05, 3.63) is 41.7 Å². The Labute approximate surface area is 122 Å². The van der Waals surface area contributed by atoms with Crippen LogP contribution in [-0.4, -0.2) is 29.9 Å². The van der Waals surface area contributed by atoms with E-state index in [1.54, 1.807) is 12.3 Å². The number of esters is 1. The molecular weight excluding hydrogens is 268 g/mol. The van der Waals surface area contributed by atoms with Crippen molar-refractivity contribution in [1.82, 2.24) is 9.72 Å². The second-order valence-electron chi connectivity index (χ2n) is 5.72. The molecule has 2 heterocycles. The van der Waals surface area contributed by atoms with Crippen LogP contribution in [0.2, 0.25) is 0 Å². The van der Waals surface area contributed by atoms with Crippen molar-refractivity contribution < 1.29 is 14.3 Å². The van der Waals surface area contributed by atoms with Gasteiger partial charge in [-0.3, -0.25) is 9.59 Å². The van der Waals surface area contributed by atoms with Crippen LogP contribution in [-0.2, 0) is 9.53 Å². The van der Waals surface area contributed by atoms with Crippen LogP contribution >= 0.6 is 0 Å². The Balaban J connectivity index is 1.71. The lowest BCUT2D eigenvalue weighted by Crippen LogP contribution is -2.34. The molecule has 1 fully saturated rings. The monoisotopic (exact) mass is 286 g/mol. The minimum atomic E-state index is -0.501. The van der Waals surface area contributed by atoms with E-state index in [-0.39, 0.29) is 11.9 Å². The number of aryl methyl sites for hydroxylation is 1. The minimum absolute atomic E-state index is 0.168. The molecule has 3 rings (SSSR count). The molecule has 21 heavy (non-hydrogen) atoms. The number of nitrogens with zero attached hydrogens (tertiary/aromatic N) is 1. The first-order chi connectivity index (χ1) is 10.0. The topological polar surface area (TPSA) is 59.8 Å². The molecular formula is C16H18N2O3. The van der Waals surface area contributed by atoms with Gasteiger partial charge in [-0.15, -0.1) is 0 Å². The molecule has 2 aromatic heterocycles. The van der Waals surface area contributed by atoms with Gasteiger partial charge in [-0.05, 0) is 43.5 Å². The molecule has 110 valence electrons. The van der Waals surface area contributed by atoms with Crippen LogP contribution in [0.1, 0.15) is 28.8 Å². The third kappa shape index (κ3) is 2.51. The van der Waals surface area contributed by atoms with E-state index in [4.69, 9.17) is 4.74 Å². The Morgan fingerprint density at radius 2 is 2.10 bits per heavy atom. The van der Waals surface area contributed by atoms with Crippen LogP contribution in [0, 0.1) is 12.3 Å². The maximum absolute atomic E-state index is 12.2. The van der Waals surface area contributed by atoms with Gasteiger partial charge < -0.3 is 14.5 Å². The Morgan fingerprint density at radius 1 is 1.33 bits per heavy atom. The summed E-state index contributed by atoms with van der Waals surface area (Å²) in [5.41, 5.74) is 2.28. The molecule has 5 heteroatoms. The third-order valence-corrected chi connectivity index (χ3v) is 4.05. The molecule has 1 aliphatic carbocycles. The second kappa shape index (κ2) is 4.91. The number of fused-ring (bicyclic) bond motifs is 1. The van der Waals surface area contributed by atoms with Gasteiger partial charge in [0.25, 0.3) is 5.91 Å². The van der Waals surface area contributed by atoms with Crippen LogP contribution in [0.5, 0.6) is 0 Å². The van der Waals surface area contributed by atoms with E-state index in [0.717, 1.165) is 23.9 Å². The summed E-state index contributed by atoms with van der Waals surface area (Å²) in [5, 5.41) is 2.84. The van der Waals surface area contributed by atoms with E-state index < -0.39 is 5.41 Å².